The zero-order valence-electron chi connectivity index (χ0n) is 16.0. The Morgan fingerprint density at radius 3 is 2.12 bits per heavy atom. The highest BCUT2D eigenvalue weighted by molar-refractivity contribution is 14.0. The van der Waals surface area contributed by atoms with Crippen molar-refractivity contribution in [2.75, 3.05) is 40.8 Å². The number of rotatable bonds is 4. The van der Waals surface area contributed by atoms with Gasteiger partial charge in [0.25, 0.3) is 0 Å². The second kappa shape index (κ2) is 11.5. The minimum Gasteiger partial charge on any atom is -0.453 e. The number of carbonyl (C=O) groups is 2. The summed E-state index contributed by atoms with van der Waals surface area (Å²) in [6.07, 6.45) is 6.15. The molecule has 0 atom stereocenters. The normalized spacial score (nSPS) is 18.9. The Kier molecular flexibility index (Phi) is 10.0. The molecule has 2 amide bonds. The molecule has 2 aliphatic rings. The number of halogens is 1. The Bertz CT molecular complexity index is 487. The Morgan fingerprint density at radius 2 is 1.62 bits per heavy atom. The van der Waals surface area contributed by atoms with E-state index in [-0.39, 0.29) is 48.6 Å². The summed E-state index contributed by atoms with van der Waals surface area (Å²) in [7, 11) is 4.88. The molecule has 9 heteroatoms. The second-order valence-corrected chi connectivity index (χ2v) is 6.95. The van der Waals surface area contributed by atoms with Crippen LogP contribution in [0.15, 0.2) is 4.99 Å². The fourth-order valence-corrected chi connectivity index (χ4v) is 3.21. The summed E-state index contributed by atoms with van der Waals surface area (Å²) in [5, 5.41) is 6.91. The summed E-state index contributed by atoms with van der Waals surface area (Å²) in [6, 6.07) is 0.666. The first-order valence-electron chi connectivity index (χ1n) is 9.10. The number of piperidine rings is 1. The van der Waals surface area contributed by atoms with Crippen LogP contribution in [0.5, 0.6) is 0 Å². The lowest BCUT2D eigenvalue weighted by molar-refractivity contribution is -0.127. The third-order valence-electron chi connectivity index (χ3n) is 4.84. The van der Waals surface area contributed by atoms with E-state index in [0.717, 1.165) is 25.7 Å². The first-order valence-corrected chi connectivity index (χ1v) is 9.10. The molecule has 2 N–H and O–H groups in total. The molecule has 0 aromatic heterocycles. The quantitative estimate of drug-likeness (QED) is 0.360. The predicted octanol–water partition coefficient (Wildman–Crippen LogP) is 1.40. The number of carbonyl (C=O) groups excluding carboxylic acids is 2. The number of nitrogens with zero attached hydrogens (tertiary/aromatic N) is 3. The topological polar surface area (TPSA) is 86.3 Å². The van der Waals surface area contributed by atoms with Crippen molar-refractivity contribution in [3.05, 3.63) is 0 Å². The van der Waals surface area contributed by atoms with E-state index in [1.807, 2.05) is 0 Å². The summed E-state index contributed by atoms with van der Waals surface area (Å²) in [6.45, 7) is 1.46. The third kappa shape index (κ3) is 7.16. The molecule has 0 bridgehead atoms. The lowest BCUT2D eigenvalue weighted by Crippen LogP contribution is -2.51. The Balaban J connectivity index is 0.00000338. The van der Waals surface area contributed by atoms with Crippen LogP contribution in [0.25, 0.3) is 0 Å². The first-order chi connectivity index (χ1) is 12.0. The van der Waals surface area contributed by atoms with E-state index in [1.165, 1.54) is 20.0 Å². The van der Waals surface area contributed by atoms with Crippen LogP contribution in [-0.4, -0.2) is 80.7 Å². The summed E-state index contributed by atoms with van der Waals surface area (Å²) < 4.78 is 4.77. The maximum atomic E-state index is 11.8. The van der Waals surface area contributed by atoms with Crippen LogP contribution in [0.1, 0.15) is 38.5 Å². The molecule has 1 saturated carbocycles. The number of hydrogen-bond acceptors (Lipinski definition) is 4. The first kappa shape index (κ1) is 22.8. The van der Waals surface area contributed by atoms with Crippen molar-refractivity contribution in [1.82, 2.24) is 20.4 Å². The molecule has 1 saturated heterocycles. The standard InChI is InChI=1S/C17H31N5O3.HI/c1-21(2)15(23)12-18-16(19-13-6-4-5-7-13)20-14-8-10-22(11-9-14)17(24)25-3;/h13-14H,4-12H2,1-3H3,(H2,18,19,20);1H. The number of likely N-dealkylation sites (tertiary alicyclic amines) is 1. The molecule has 0 aromatic carbocycles. The molecule has 1 aliphatic heterocycles. The van der Waals surface area contributed by atoms with E-state index >= 15 is 0 Å². The van der Waals surface area contributed by atoms with Crippen LogP contribution in [-0.2, 0) is 9.53 Å². The Hall–Kier alpha value is -1.26. The van der Waals surface area contributed by atoms with E-state index in [1.54, 1.807) is 23.9 Å². The molecule has 1 heterocycles. The van der Waals surface area contributed by atoms with Gasteiger partial charge in [0.15, 0.2) is 5.96 Å². The van der Waals surface area contributed by atoms with Gasteiger partial charge in [-0.05, 0) is 25.7 Å². The number of guanidine groups is 1. The molecule has 0 aromatic rings. The van der Waals surface area contributed by atoms with Crippen molar-refractivity contribution in [1.29, 1.82) is 0 Å². The highest BCUT2D eigenvalue weighted by atomic mass is 127. The monoisotopic (exact) mass is 481 g/mol. The minimum atomic E-state index is -0.270. The van der Waals surface area contributed by atoms with Crippen molar-refractivity contribution < 1.29 is 14.3 Å². The highest BCUT2D eigenvalue weighted by Crippen LogP contribution is 2.18. The number of hydrogen-bond donors (Lipinski definition) is 2. The van der Waals surface area contributed by atoms with Gasteiger partial charge >= 0.3 is 6.09 Å². The Morgan fingerprint density at radius 1 is 1.08 bits per heavy atom. The second-order valence-electron chi connectivity index (χ2n) is 6.95. The van der Waals surface area contributed by atoms with E-state index in [9.17, 15) is 9.59 Å². The maximum Gasteiger partial charge on any atom is 0.409 e. The predicted molar refractivity (Wildman–Crippen MR) is 112 cm³/mol. The molecular formula is C17H32IN5O3. The van der Waals surface area contributed by atoms with Crippen molar-refractivity contribution in [3.63, 3.8) is 0 Å². The lowest BCUT2D eigenvalue weighted by Gasteiger charge is -2.32. The van der Waals surface area contributed by atoms with Gasteiger partial charge in [0.1, 0.15) is 6.54 Å². The van der Waals surface area contributed by atoms with Gasteiger partial charge < -0.3 is 25.2 Å². The zero-order valence-corrected chi connectivity index (χ0v) is 18.3. The average molecular weight is 481 g/mol. The molecule has 2 fully saturated rings. The molecule has 8 nitrogen and oxygen atoms in total. The van der Waals surface area contributed by atoms with Crippen molar-refractivity contribution in [2.45, 2.75) is 50.6 Å². The van der Waals surface area contributed by atoms with Crippen LogP contribution >= 0.6 is 24.0 Å². The van der Waals surface area contributed by atoms with Gasteiger partial charge in [0, 0.05) is 39.3 Å². The van der Waals surface area contributed by atoms with Gasteiger partial charge in [-0.1, -0.05) is 12.8 Å². The average Bonchev–Trinajstić information content (AvgIpc) is 3.12. The van der Waals surface area contributed by atoms with E-state index in [0.29, 0.717) is 25.1 Å². The minimum absolute atomic E-state index is 0. The van der Waals surface area contributed by atoms with Gasteiger partial charge in [-0.15, -0.1) is 24.0 Å². The van der Waals surface area contributed by atoms with Gasteiger partial charge in [0.05, 0.1) is 7.11 Å². The number of methoxy groups -OCH3 is 1. The van der Waals surface area contributed by atoms with Gasteiger partial charge in [-0.2, -0.15) is 0 Å². The lowest BCUT2D eigenvalue weighted by atomic mass is 10.1. The number of ether oxygens (including phenoxy) is 1. The van der Waals surface area contributed by atoms with Gasteiger partial charge in [-0.25, -0.2) is 9.79 Å². The zero-order chi connectivity index (χ0) is 18.2. The molecule has 0 radical (unpaired) electrons. The molecule has 0 unspecified atom stereocenters. The van der Waals surface area contributed by atoms with Crippen molar-refractivity contribution in [3.8, 4) is 0 Å². The van der Waals surface area contributed by atoms with Crippen LogP contribution in [0.2, 0.25) is 0 Å². The summed E-state index contributed by atoms with van der Waals surface area (Å²) in [5.41, 5.74) is 0. The summed E-state index contributed by atoms with van der Waals surface area (Å²) >= 11 is 0. The number of amides is 2. The maximum absolute atomic E-state index is 11.8. The number of nitrogens with one attached hydrogen (secondary N) is 2. The third-order valence-corrected chi connectivity index (χ3v) is 4.84. The van der Waals surface area contributed by atoms with Gasteiger partial charge in [0.2, 0.25) is 5.91 Å². The Labute approximate surface area is 173 Å². The van der Waals surface area contributed by atoms with Crippen molar-refractivity contribution >= 4 is 41.9 Å². The van der Waals surface area contributed by atoms with Crippen molar-refractivity contribution in [2.24, 2.45) is 4.99 Å². The van der Waals surface area contributed by atoms with Crippen LogP contribution in [0, 0.1) is 0 Å². The summed E-state index contributed by atoms with van der Waals surface area (Å²) in [5.74, 6) is 0.687. The fraction of sp³-hybridized carbons (Fsp3) is 0.824. The van der Waals surface area contributed by atoms with E-state index in [4.69, 9.17) is 4.74 Å². The van der Waals surface area contributed by atoms with Crippen LogP contribution < -0.4 is 10.6 Å². The molecule has 2 rings (SSSR count). The molecular weight excluding hydrogens is 449 g/mol. The molecule has 1 aliphatic carbocycles. The largest absolute Gasteiger partial charge is 0.453 e. The van der Waals surface area contributed by atoms with E-state index in [2.05, 4.69) is 15.6 Å². The highest BCUT2D eigenvalue weighted by Gasteiger charge is 2.25. The smallest absolute Gasteiger partial charge is 0.409 e. The molecule has 150 valence electrons. The van der Waals surface area contributed by atoms with Gasteiger partial charge in [-0.3, -0.25) is 4.79 Å². The summed E-state index contributed by atoms with van der Waals surface area (Å²) in [4.78, 5) is 31.1. The number of aliphatic imine (C=N–C) groups is 1. The van der Waals surface area contributed by atoms with E-state index < -0.39 is 0 Å². The molecule has 26 heavy (non-hydrogen) atoms. The molecule has 0 spiro atoms. The fourth-order valence-electron chi connectivity index (χ4n) is 3.21. The SMILES string of the molecule is COC(=O)N1CCC(NC(=NCC(=O)N(C)C)NC2CCCC2)CC1.I. The van der Waals surface area contributed by atoms with Crippen LogP contribution in [0.4, 0.5) is 4.79 Å². The van der Waals surface area contributed by atoms with Crippen LogP contribution in [0.3, 0.4) is 0 Å². The number of likely N-dealkylation sites (N-methyl/N-ethyl adjacent to an activating group) is 1.